The van der Waals surface area contributed by atoms with Crippen LogP contribution in [0.15, 0.2) is 42.7 Å². The third kappa shape index (κ3) is 4.23. The van der Waals surface area contributed by atoms with Crippen molar-refractivity contribution in [1.29, 1.82) is 5.41 Å². The molecule has 0 saturated carbocycles. The number of methoxy groups -OCH3 is 3. The number of nitrogens with zero attached hydrogens (tertiary/aromatic N) is 2. The van der Waals surface area contributed by atoms with Crippen LogP contribution < -0.4 is 24.3 Å². The van der Waals surface area contributed by atoms with Gasteiger partial charge in [-0.2, -0.15) is 4.98 Å². The first-order valence-corrected chi connectivity index (χ1v) is 9.89. The Bertz CT molecular complexity index is 1090. The van der Waals surface area contributed by atoms with Gasteiger partial charge in [0.25, 0.3) is 0 Å². The molecular formula is C23H24N4O4. The lowest BCUT2D eigenvalue weighted by molar-refractivity contribution is 0.324. The van der Waals surface area contributed by atoms with Gasteiger partial charge in [0.15, 0.2) is 17.3 Å². The molecule has 31 heavy (non-hydrogen) atoms. The lowest BCUT2D eigenvalue weighted by Gasteiger charge is -2.19. The van der Waals surface area contributed by atoms with Crippen LogP contribution in [0, 0.1) is 5.41 Å². The number of rotatable bonds is 7. The summed E-state index contributed by atoms with van der Waals surface area (Å²) in [6.07, 6.45) is 5.79. The molecule has 1 aromatic heterocycles. The Labute approximate surface area is 180 Å². The van der Waals surface area contributed by atoms with E-state index in [-0.39, 0.29) is 0 Å². The SMILES string of the molecule is COc1cc(Nc2cncc(Oc3cccc4c3CCCC4=N)n2)cc(OC)c1OC. The molecule has 2 N–H and O–H groups in total. The van der Waals surface area contributed by atoms with Crippen LogP contribution in [-0.4, -0.2) is 37.0 Å². The first-order chi connectivity index (χ1) is 15.1. The molecule has 0 fully saturated rings. The second kappa shape index (κ2) is 8.91. The van der Waals surface area contributed by atoms with E-state index in [0.717, 1.165) is 30.4 Å². The summed E-state index contributed by atoms with van der Waals surface area (Å²) in [5.41, 5.74) is 3.34. The average Bonchev–Trinajstić information content (AvgIpc) is 2.79. The van der Waals surface area contributed by atoms with Crippen molar-refractivity contribution in [2.75, 3.05) is 26.6 Å². The van der Waals surface area contributed by atoms with Crippen LogP contribution in [0.25, 0.3) is 0 Å². The second-order valence-corrected chi connectivity index (χ2v) is 7.00. The summed E-state index contributed by atoms with van der Waals surface area (Å²) < 4.78 is 22.2. The maximum absolute atomic E-state index is 8.18. The fourth-order valence-electron chi connectivity index (χ4n) is 3.65. The number of aromatic nitrogens is 2. The lowest BCUT2D eigenvalue weighted by atomic mass is 9.89. The summed E-state index contributed by atoms with van der Waals surface area (Å²) in [6.45, 7) is 0. The van der Waals surface area contributed by atoms with Gasteiger partial charge in [0, 0.05) is 34.7 Å². The van der Waals surface area contributed by atoms with Gasteiger partial charge in [-0.3, -0.25) is 4.98 Å². The summed E-state index contributed by atoms with van der Waals surface area (Å²) in [6, 6.07) is 9.35. The summed E-state index contributed by atoms with van der Waals surface area (Å²) in [5, 5.41) is 11.4. The Kier molecular flexibility index (Phi) is 5.88. The Balaban J connectivity index is 1.59. The van der Waals surface area contributed by atoms with Crippen LogP contribution in [0.5, 0.6) is 28.9 Å². The quantitative estimate of drug-likeness (QED) is 0.569. The van der Waals surface area contributed by atoms with Gasteiger partial charge in [-0.25, -0.2) is 0 Å². The third-order valence-corrected chi connectivity index (χ3v) is 5.08. The molecule has 1 heterocycles. The Hall–Kier alpha value is -3.81. The van der Waals surface area contributed by atoms with Gasteiger partial charge in [-0.1, -0.05) is 12.1 Å². The molecule has 0 radical (unpaired) electrons. The zero-order valence-electron chi connectivity index (χ0n) is 17.7. The number of hydrogen-bond acceptors (Lipinski definition) is 8. The molecule has 0 unspecified atom stereocenters. The van der Waals surface area contributed by atoms with Crippen molar-refractivity contribution in [3.05, 3.63) is 53.9 Å². The summed E-state index contributed by atoms with van der Waals surface area (Å²) in [5.74, 6) is 3.15. The van der Waals surface area contributed by atoms with Gasteiger partial charge in [-0.05, 0) is 25.3 Å². The van der Waals surface area contributed by atoms with Crippen LogP contribution in [0.3, 0.4) is 0 Å². The maximum Gasteiger partial charge on any atom is 0.239 e. The number of nitrogens with one attached hydrogen (secondary N) is 2. The predicted molar refractivity (Wildman–Crippen MR) is 118 cm³/mol. The van der Waals surface area contributed by atoms with Gasteiger partial charge < -0.3 is 29.7 Å². The van der Waals surface area contributed by atoms with Crippen molar-refractivity contribution >= 4 is 17.2 Å². The third-order valence-electron chi connectivity index (χ3n) is 5.08. The van der Waals surface area contributed by atoms with Crippen molar-refractivity contribution in [3.8, 4) is 28.9 Å². The van der Waals surface area contributed by atoms with Crippen LogP contribution in [0.4, 0.5) is 11.5 Å². The Morgan fingerprint density at radius 2 is 1.71 bits per heavy atom. The highest BCUT2D eigenvalue weighted by molar-refractivity contribution is 6.01. The molecule has 0 atom stereocenters. The number of anilines is 2. The second-order valence-electron chi connectivity index (χ2n) is 7.00. The molecule has 0 bridgehead atoms. The highest BCUT2D eigenvalue weighted by atomic mass is 16.5. The summed E-state index contributed by atoms with van der Waals surface area (Å²) in [4.78, 5) is 8.77. The molecule has 4 rings (SSSR count). The number of hydrogen-bond donors (Lipinski definition) is 2. The molecule has 1 aliphatic rings. The first kappa shape index (κ1) is 20.5. The fraction of sp³-hybridized carbons (Fsp3) is 0.261. The van der Waals surface area contributed by atoms with Gasteiger partial charge in [0.05, 0.1) is 33.7 Å². The molecule has 2 aromatic carbocycles. The predicted octanol–water partition coefficient (Wildman–Crippen LogP) is 4.74. The minimum atomic E-state index is 0.364. The van der Waals surface area contributed by atoms with Gasteiger partial charge in [0.2, 0.25) is 11.6 Å². The van der Waals surface area contributed by atoms with E-state index in [9.17, 15) is 0 Å². The van der Waals surface area contributed by atoms with Crippen LogP contribution in [0.1, 0.15) is 24.0 Å². The van der Waals surface area contributed by atoms with Crippen LogP contribution in [-0.2, 0) is 6.42 Å². The van der Waals surface area contributed by atoms with Crippen LogP contribution >= 0.6 is 0 Å². The summed E-state index contributed by atoms with van der Waals surface area (Å²) in [7, 11) is 4.69. The van der Waals surface area contributed by atoms with Crippen molar-refractivity contribution < 1.29 is 18.9 Å². The highest BCUT2D eigenvalue weighted by Crippen LogP contribution is 2.40. The first-order valence-electron chi connectivity index (χ1n) is 9.89. The fourth-order valence-corrected chi connectivity index (χ4v) is 3.65. The van der Waals surface area contributed by atoms with Crippen molar-refractivity contribution in [2.24, 2.45) is 0 Å². The van der Waals surface area contributed by atoms with E-state index >= 15 is 0 Å². The zero-order chi connectivity index (χ0) is 21.8. The van der Waals surface area contributed by atoms with E-state index in [4.69, 9.17) is 24.4 Å². The average molecular weight is 420 g/mol. The molecule has 0 aliphatic heterocycles. The van der Waals surface area contributed by atoms with Crippen LogP contribution in [0.2, 0.25) is 0 Å². The van der Waals surface area contributed by atoms with E-state index in [2.05, 4.69) is 15.3 Å². The van der Waals surface area contributed by atoms with Gasteiger partial charge >= 0.3 is 0 Å². The molecule has 160 valence electrons. The standard InChI is InChI=1S/C23H24N4O4/c1-28-19-10-14(11-20(29-2)23(19)30-3)26-21-12-25-13-22(27-21)31-18-9-5-6-15-16(18)7-4-8-17(15)24/h5-6,9-13,24H,4,7-8H2,1-3H3,(H,26,27). The highest BCUT2D eigenvalue weighted by Gasteiger charge is 2.19. The number of benzene rings is 2. The molecule has 8 nitrogen and oxygen atoms in total. The van der Waals surface area contributed by atoms with E-state index < -0.39 is 0 Å². The maximum atomic E-state index is 8.18. The van der Waals surface area contributed by atoms with Gasteiger partial charge in [0.1, 0.15) is 5.75 Å². The van der Waals surface area contributed by atoms with E-state index in [1.807, 2.05) is 18.2 Å². The molecule has 3 aromatic rings. The zero-order valence-corrected chi connectivity index (χ0v) is 17.7. The smallest absolute Gasteiger partial charge is 0.239 e. The number of ether oxygens (including phenoxy) is 4. The van der Waals surface area contributed by atoms with Gasteiger partial charge in [-0.15, -0.1) is 0 Å². The molecule has 8 heteroatoms. The lowest BCUT2D eigenvalue weighted by Crippen LogP contribution is -2.11. The van der Waals surface area contributed by atoms with E-state index in [1.165, 1.54) is 0 Å². The molecule has 0 spiro atoms. The topological polar surface area (TPSA) is 98.6 Å². The monoisotopic (exact) mass is 420 g/mol. The number of fused-ring (bicyclic) bond motifs is 1. The summed E-state index contributed by atoms with van der Waals surface area (Å²) >= 11 is 0. The molecular weight excluding hydrogens is 396 g/mol. The van der Waals surface area contributed by atoms with Crippen molar-refractivity contribution in [1.82, 2.24) is 9.97 Å². The van der Waals surface area contributed by atoms with Crippen molar-refractivity contribution in [2.45, 2.75) is 19.3 Å². The Morgan fingerprint density at radius 1 is 0.935 bits per heavy atom. The van der Waals surface area contributed by atoms with Crippen molar-refractivity contribution in [3.63, 3.8) is 0 Å². The van der Waals surface area contributed by atoms with E-state index in [1.54, 1.807) is 45.9 Å². The normalized spacial score (nSPS) is 12.7. The molecule has 0 amide bonds. The minimum Gasteiger partial charge on any atom is -0.493 e. The molecule has 1 aliphatic carbocycles. The van der Waals surface area contributed by atoms with E-state index in [0.29, 0.717) is 46.1 Å². The largest absolute Gasteiger partial charge is 0.493 e. The minimum absolute atomic E-state index is 0.364. The molecule has 0 saturated heterocycles. The Morgan fingerprint density at radius 3 is 2.42 bits per heavy atom.